The summed E-state index contributed by atoms with van der Waals surface area (Å²) in [5.41, 5.74) is 3.24. The van der Waals surface area contributed by atoms with Crippen molar-refractivity contribution < 1.29 is 14.9 Å². The van der Waals surface area contributed by atoms with Crippen molar-refractivity contribution in [3.63, 3.8) is 0 Å². The number of rotatable bonds is 4. The van der Waals surface area contributed by atoms with Crippen molar-refractivity contribution in [1.82, 2.24) is 0 Å². The van der Waals surface area contributed by atoms with Gasteiger partial charge in [-0.2, -0.15) is 0 Å². The van der Waals surface area contributed by atoms with Crippen molar-refractivity contribution in [3.05, 3.63) is 29.3 Å². The van der Waals surface area contributed by atoms with E-state index in [1.54, 1.807) is 0 Å². The van der Waals surface area contributed by atoms with Crippen molar-refractivity contribution in [2.24, 2.45) is 23.2 Å². The standard InChI is InChI=1S/C23H30N2O2/c1-14-4-3-5-15(2)21(14)25-20(26)9-19(22(25)27)24-13-23-10-16-6-17(11-23)8-18(7-16)12-23/h3-5,16-19,24H,6-13H2,1-2H3/p+1/t16?,17?,18?,19-,23?/m1/s1. The molecule has 1 saturated heterocycles. The zero-order valence-electron chi connectivity index (χ0n) is 16.5. The number of nitrogens with two attached hydrogens (primary N) is 1. The van der Waals surface area contributed by atoms with Crippen LogP contribution in [0.3, 0.4) is 0 Å². The highest BCUT2D eigenvalue weighted by atomic mass is 16.2. The van der Waals surface area contributed by atoms with Crippen LogP contribution >= 0.6 is 0 Å². The van der Waals surface area contributed by atoms with Crippen LogP contribution in [-0.2, 0) is 9.59 Å². The summed E-state index contributed by atoms with van der Waals surface area (Å²) in [6, 6.07) is 5.71. The summed E-state index contributed by atoms with van der Waals surface area (Å²) in [4.78, 5) is 27.3. The van der Waals surface area contributed by atoms with Crippen LogP contribution in [0.15, 0.2) is 18.2 Å². The van der Waals surface area contributed by atoms with Gasteiger partial charge in [0.05, 0.1) is 18.7 Å². The zero-order valence-corrected chi connectivity index (χ0v) is 16.5. The van der Waals surface area contributed by atoms with E-state index < -0.39 is 0 Å². The van der Waals surface area contributed by atoms with E-state index in [1.165, 1.54) is 43.4 Å². The summed E-state index contributed by atoms with van der Waals surface area (Å²) in [5, 5.41) is 2.22. The fourth-order valence-electron chi connectivity index (χ4n) is 7.17. The first kappa shape index (κ1) is 17.4. The number of hydrogen-bond acceptors (Lipinski definition) is 2. The molecule has 4 aliphatic carbocycles. The number of aryl methyl sites for hydroxylation is 2. The second kappa shape index (κ2) is 6.16. The van der Waals surface area contributed by atoms with Crippen LogP contribution in [0.5, 0.6) is 0 Å². The van der Waals surface area contributed by atoms with Crippen molar-refractivity contribution >= 4 is 17.5 Å². The van der Waals surface area contributed by atoms with Gasteiger partial charge in [-0.15, -0.1) is 0 Å². The number of benzene rings is 1. The molecule has 144 valence electrons. The average molecular weight is 368 g/mol. The summed E-state index contributed by atoms with van der Waals surface area (Å²) in [5.74, 6) is 2.73. The van der Waals surface area contributed by atoms with Gasteiger partial charge in [0.2, 0.25) is 5.91 Å². The summed E-state index contributed by atoms with van der Waals surface area (Å²) in [6.45, 7) is 4.99. The number of anilines is 1. The van der Waals surface area contributed by atoms with Gasteiger partial charge in [-0.1, -0.05) is 18.2 Å². The molecule has 1 atom stereocenters. The number of carbonyl (C=O) groups is 2. The Labute approximate surface area is 161 Å². The number of nitrogens with zero attached hydrogens (tertiary/aromatic N) is 1. The van der Waals surface area contributed by atoms with E-state index in [-0.39, 0.29) is 17.9 Å². The quantitative estimate of drug-likeness (QED) is 0.832. The van der Waals surface area contributed by atoms with E-state index in [9.17, 15) is 9.59 Å². The molecule has 0 aromatic heterocycles. The molecule has 4 bridgehead atoms. The first-order chi connectivity index (χ1) is 12.9. The molecule has 2 amide bonds. The van der Waals surface area contributed by atoms with Crippen LogP contribution in [0.1, 0.15) is 56.1 Å². The van der Waals surface area contributed by atoms with E-state index in [0.717, 1.165) is 41.1 Å². The first-order valence-electron chi connectivity index (χ1n) is 10.7. The van der Waals surface area contributed by atoms with Gasteiger partial charge < -0.3 is 5.32 Å². The molecule has 0 unspecified atom stereocenters. The molecule has 4 heteroatoms. The van der Waals surface area contributed by atoms with E-state index in [1.807, 2.05) is 32.0 Å². The fourth-order valence-corrected chi connectivity index (χ4v) is 7.17. The Hall–Kier alpha value is -1.68. The van der Waals surface area contributed by atoms with Gasteiger partial charge in [0.15, 0.2) is 6.04 Å². The smallest absolute Gasteiger partial charge is 0.292 e. The fraction of sp³-hybridized carbons (Fsp3) is 0.652. The summed E-state index contributed by atoms with van der Waals surface area (Å²) < 4.78 is 0. The third-order valence-electron chi connectivity index (χ3n) is 7.85. The van der Waals surface area contributed by atoms with E-state index in [0.29, 0.717) is 11.8 Å². The molecule has 4 nitrogen and oxygen atoms in total. The van der Waals surface area contributed by atoms with Crippen molar-refractivity contribution in [2.75, 3.05) is 11.4 Å². The molecule has 5 fully saturated rings. The highest BCUT2D eigenvalue weighted by molar-refractivity contribution is 6.22. The van der Waals surface area contributed by atoms with Gasteiger partial charge in [-0.05, 0) is 81.3 Å². The number of amides is 2. The normalized spacial score (nSPS) is 37.5. The Kier molecular flexibility index (Phi) is 3.98. The summed E-state index contributed by atoms with van der Waals surface area (Å²) in [7, 11) is 0. The van der Waals surface area contributed by atoms with Crippen molar-refractivity contribution in [1.29, 1.82) is 0 Å². The van der Waals surface area contributed by atoms with E-state index in [4.69, 9.17) is 0 Å². The Morgan fingerprint density at radius 1 is 1.00 bits per heavy atom. The predicted molar refractivity (Wildman–Crippen MR) is 104 cm³/mol. The number of carbonyl (C=O) groups excluding carboxylic acids is 2. The van der Waals surface area contributed by atoms with E-state index in [2.05, 4.69) is 5.32 Å². The number of para-hydroxylation sites is 1. The van der Waals surface area contributed by atoms with Crippen LogP contribution in [0.25, 0.3) is 0 Å². The monoisotopic (exact) mass is 367 g/mol. The molecule has 0 radical (unpaired) electrons. The highest BCUT2D eigenvalue weighted by Gasteiger charge is 2.53. The maximum Gasteiger partial charge on any atom is 0.292 e. The SMILES string of the molecule is Cc1cccc(C)c1N1C(=O)C[C@@H]([NH2+]CC23CC4CC(CC(C4)C2)C3)C1=O. The average Bonchev–Trinajstić information content (AvgIpc) is 2.87. The van der Waals surface area contributed by atoms with Gasteiger partial charge in [-0.3, -0.25) is 9.59 Å². The lowest BCUT2D eigenvalue weighted by atomic mass is 9.49. The molecule has 1 aromatic rings. The van der Waals surface area contributed by atoms with Crippen LogP contribution in [0.4, 0.5) is 5.69 Å². The van der Waals surface area contributed by atoms with E-state index >= 15 is 0 Å². The molecule has 0 spiro atoms. The molecular weight excluding hydrogens is 336 g/mol. The van der Waals surface area contributed by atoms with Crippen molar-refractivity contribution in [3.8, 4) is 0 Å². The molecular formula is C23H31N2O2+. The molecule has 4 saturated carbocycles. The lowest BCUT2D eigenvalue weighted by Crippen LogP contribution is -2.94. The number of hydrogen-bond donors (Lipinski definition) is 1. The predicted octanol–water partition coefficient (Wildman–Crippen LogP) is 2.72. The third-order valence-corrected chi connectivity index (χ3v) is 7.85. The third kappa shape index (κ3) is 2.84. The van der Waals surface area contributed by atoms with Crippen LogP contribution in [-0.4, -0.2) is 24.4 Å². The van der Waals surface area contributed by atoms with Gasteiger partial charge >= 0.3 is 0 Å². The highest BCUT2D eigenvalue weighted by Crippen LogP contribution is 2.59. The summed E-state index contributed by atoms with van der Waals surface area (Å²) in [6.07, 6.45) is 8.74. The lowest BCUT2D eigenvalue weighted by Gasteiger charge is -2.56. The zero-order chi connectivity index (χ0) is 18.8. The second-order valence-electron chi connectivity index (χ2n) is 9.98. The second-order valence-corrected chi connectivity index (χ2v) is 9.98. The van der Waals surface area contributed by atoms with Gasteiger partial charge in [0.1, 0.15) is 0 Å². The van der Waals surface area contributed by atoms with Gasteiger partial charge in [0, 0.05) is 5.41 Å². The Balaban J connectivity index is 1.31. The molecule has 2 N–H and O–H groups in total. The minimum atomic E-state index is -0.232. The van der Waals surface area contributed by atoms with Crippen LogP contribution < -0.4 is 10.2 Å². The topological polar surface area (TPSA) is 54.0 Å². The minimum absolute atomic E-state index is 0.0119. The maximum absolute atomic E-state index is 13.1. The molecule has 5 aliphatic rings. The Bertz CT molecular complexity index is 744. The van der Waals surface area contributed by atoms with Crippen LogP contribution in [0, 0.1) is 37.0 Å². The number of imide groups is 1. The molecule has 6 rings (SSSR count). The molecule has 1 aliphatic heterocycles. The lowest BCUT2D eigenvalue weighted by molar-refractivity contribution is -0.687. The summed E-state index contributed by atoms with van der Waals surface area (Å²) >= 11 is 0. The Morgan fingerprint density at radius 3 is 2.11 bits per heavy atom. The van der Waals surface area contributed by atoms with Crippen molar-refractivity contribution in [2.45, 2.75) is 64.8 Å². The molecule has 1 heterocycles. The molecule has 1 aromatic carbocycles. The largest absolute Gasteiger partial charge is 0.335 e. The Morgan fingerprint density at radius 2 is 1.56 bits per heavy atom. The minimum Gasteiger partial charge on any atom is -0.335 e. The molecule has 27 heavy (non-hydrogen) atoms. The van der Waals surface area contributed by atoms with Gasteiger partial charge in [-0.25, -0.2) is 4.90 Å². The van der Waals surface area contributed by atoms with Gasteiger partial charge in [0.25, 0.3) is 5.91 Å². The maximum atomic E-state index is 13.1. The number of quaternary nitrogens is 1. The van der Waals surface area contributed by atoms with Crippen LogP contribution in [0.2, 0.25) is 0 Å². The first-order valence-corrected chi connectivity index (χ1v) is 10.7.